The summed E-state index contributed by atoms with van der Waals surface area (Å²) in [5.74, 6) is -0.496. The Morgan fingerprint density at radius 2 is 1.77 bits per heavy atom. The van der Waals surface area contributed by atoms with Gasteiger partial charge in [0.25, 0.3) is 5.91 Å². The van der Waals surface area contributed by atoms with Crippen molar-refractivity contribution in [2.24, 2.45) is 0 Å². The van der Waals surface area contributed by atoms with Crippen LogP contribution in [0.2, 0.25) is 5.02 Å². The summed E-state index contributed by atoms with van der Waals surface area (Å²) in [6, 6.07) is 12.1. The molecular weight excluding hydrogens is 407 g/mol. The number of rotatable bonds is 8. The maximum Gasteiger partial charge on any atom is 0.261 e. The van der Waals surface area contributed by atoms with Crippen LogP contribution in [0.4, 0.5) is 4.39 Å². The number of hydrogen-bond donors (Lipinski definition) is 1. The number of carbonyl (C=O) groups is 2. The van der Waals surface area contributed by atoms with Crippen LogP contribution >= 0.6 is 11.6 Å². The summed E-state index contributed by atoms with van der Waals surface area (Å²) in [6.07, 6.45) is 4.16. The van der Waals surface area contributed by atoms with Gasteiger partial charge in [0.15, 0.2) is 6.61 Å². The van der Waals surface area contributed by atoms with Gasteiger partial charge in [0.05, 0.1) is 0 Å². The Hall–Kier alpha value is -2.60. The predicted octanol–water partition coefficient (Wildman–Crippen LogP) is 4.33. The summed E-state index contributed by atoms with van der Waals surface area (Å²) >= 11 is 5.96. The van der Waals surface area contributed by atoms with E-state index in [1.165, 1.54) is 29.2 Å². The molecule has 1 atom stereocenters. The van der Waals surface area contributed by atoms with Crippen molar-refractivity contribution in [1.29, 1.82) is 0 Å². The third kappa shape index (κ3) is 6.20. The SMILES string of the molecule is CC(C(=O)NC1CCCC1)N(Cc1ccc(Cl)cc1)C(=O)COc1ccc(F)cc1. The maximum absolute atomic E-state index is 13.1. The highest BCUT2D eigenvalue weighted by atomic mass is 35.5. The number of ether oxygens (including phenoxy) is 1. The molecule has 2 aromatic rings. The predicted molar refractivity (Wildman–Crippen MR) is 114 cm³/mol. The highest BCUT2D eigenvalue weighted by molar-refractivity contribution is 6.30. The minimum atomic E-state index is -0.661. The third-order valence-corrected chi connectivity index (χ3v) is 5.56. The fourth-order valence-electron chi connectivity index (χ4n) is 3.52. The molecule has 1 aliphatic carbocycles. The van der Waals surface area contributed by atoms with Crippen LogP contribution in [0.15, 0.2) is 48.5 Å². The lowest BCUT2D eigenvalue weighted by Crippen LogP contribution is -2.50. The van der Waals surface area contributed by atoms with Crippen LogP contribution in [0.1, 0.15) is 38.2 Å². The van der Waals surface area contributed by atoms with Gasteiger partial charge >= 0.3 is 0 Å². The molecular formula is C23H26ClFN2O3. The van der Waals surface area contributed by atoms with E-state index in [-0.39, 0.29) is 36.8 Å². The fraction of sp³-hybridized carbons (Fsp3) is 0.391. The maximum atomic E-state index is 13.1. The van der Waals surface area contributed by atoms with Crippen molar-refractivity contribution in [2.75, 3.05) is 6.61 Å². The summed E-state index contributed by atoms with van der Waals surface area (Å²) in [5, 5.41) is 3.65. The Labute approximate surface area is 181 Å². The number of halogens is 2. The number of carbonyl (C=O) groups excluding carboxylic acids is 2. The Balaban J connectivity index is 1.69. The lowest BCUT2D eigenvalue weighted by Gasteiger charge is -2.29. The van der Waals surface area contributed by atoms with Gasteiger partial charge in [0.2, 0.25) is 5.91 Å². The molecule has 3 rings (SSSR count). The minimum absolute atomic E-state index is 0.169. The standard InChI is InChI=1S/C23H26ClFN2O3/c1-16(23(29)26-20-4-2-3-5-20)27(14-17-6-8-18(24)9-7-17)22(28)15-30-21-12-10-19(25)11-13-21/h6-13,16,20H,2-5,14-15H2,1H3,(H,26,29). The van der Waals surface area contributed by atoms with Crippen LogP contribution in [-0.2, 0) is 16.1 Å². The monoisotopic (exact) mass is 432 g/mol. The van der Waals surface area contributed by atoms with Crippen molar-refractivity contribution in [3.63, 3.8) is 0 Å². The quantitative estimate of drug-likeness (QED) is 0.675. The van der Waals surface area contributed by atoms with Gasteiger partial charge in [-0.15, -0.1) is 0 Å². The molecule has 1 N–H and O–H groups in total. The molecule has 1 aliphatic rings. The molecule has 1 unspecified atom stereocenters. The smallest absolute Gasteiger partial charge is 0.261 e. The second kappa shape index (κ2) is 10.4. The van der Waals surface area contributed by atoms with Gasteiger partial charge < -0.3 is 15.0 Å². The normalized spacial score (nSPS) is 14.9. The van der Waals surface area contributed by atoms with Crippen LogP contribution in [-0.4, -0.2) is 35.4 Å². The lowest BCUT2D eigenvalue weighted by atomic mass is 10.1. The first-order valence-corrected chi connectivity index (χ1v) is 10.5. The second-order valence-electron chi connectivity index (χ2n) is 7.56. The van der Waals surface area contributed by atoms with Crippen molar-refractivity contribution in [3.8, 4) is 5.75 Å². The largest absolute Gasteiger partial charge is 0.484 e. The first-order valence-electron chi connectivity index (χ1n) is 10.1. The van der Waals surface area contributed by atoms with Crippen molar-refractivity contribution in [1.82, 2.24) is 10.2 Å². The first kappa shape index (κ1) is 22.1. The molecule has 0 saturated heterocycles. The van der Waals surface area contributed by atoms with E-state index < -0.39 is 6.04 Å². The molecule has 1 fully saturated rings. The third-order valence-electron chi connectivity index (χ3n) is 5.31. The van der Waals surface area contributed by atoms with Gasteiger partial charge in [-0.3, -0.25) is 9.59 Å². The molecule has 0 heterocycles. The first-order chi connectivity index (χ1) is 14.4. The van der Waals surface area contributed by atoms with Crippen LogP contribution in [0, 0.1) is 5.82 Å². The average molecular weight is 433 g/mol. The summed E-state index contributed by atoms with van der Waals surface area (Å²) in [4.78, 5) is 27.2. The summed E-state index contributed by atoms with van der Waals surface area (Å²) < 4.78 is 18.6. The number of hydrogen-bond acceptors (Lipinski definition) is 3. The molecule has 0 radical (unpaired) electrons. The van der Waals surface area contributed by atoms with E-state index in [0.29, 0.717) is 10.8 Å². The Kier molecular flexibility index (Phi) is 7.69. The summed E-state index contributed by atoms with van der Waals surface area (Å²) in [6.45, 7) is 1.72. The Bertz CT molecular complexity index is 852. The summed E-state index contributed by atoms with van der Waals surface area (Å²) in [5.41, 5.74) is 0.857. The van der Waals surface area contributed by atoms with Crippen LogP contribution in [0.25, 0.3) is 0 Å². The highest BCUT2D eigenvalue weighted by Gasteiger charge is 2.28. The molecule has 2 aromatic carbocycles. The second-order valence-corrected chi connectivity index (χ2v) is 7.99. The average Bonchev–Trinajstić information content (AvgIpc) is 3.25. The van der Waals surface area contributed by atoms with Gasteiger partial charge in [0.1, 0.15) is 17.6 Å². The zero-order chi connectivity index (χ0) is 21.5. The van der Waals surface area contributed by atoms with Crippen molar-refractivity contribution < 1.29 is 18.7 Å². The number of amides is 2. The van der Waals surface area contributed by atoms with Gasteiger partial charge in [-0.2, -0.15) is 0 Å². The highest BCUT2D eigenvalue weighted by Crippen LogP contribution is 2.19. The van der Waals surface area contributed by atoms with E-state index in [1.807, 2.05) is 12.1 Å². The molecule has 160 valence electrons. The zero-order valence-electron chi connectivity index (χ0n) is 16.9. The van der Waals surface area contributed by atoms with Crippen molar-refractivity contribution in [3.05, 3.63) is 64.9 Å². The van der Waals surface area contributed by atoms with Gasteiger partial charge in [-0.05, 0) is 61.7 Å². The molecule has 7 heteroatoms. The van der Waals surface area contributed by atoms with E-state index in [4.69, 9.17) is 16.3 Å². The minimum Gasteiger partial charge on any atom is -0.484 e. The number of nitrogens with one attached hydrogen (secondary N) is 1. The van der Waals surface area contributed by atoms with Gasteiger partial charge in [-0.1, -0.05) is 36.6 Å². The van der Waals surface area contributed by atoms with E-state index in [2.05, 4.69) is 5.32 Å². The Morgan fingerprint density at radius 1 is 1.13 bits per heavy atom. The Morgan fingerprint density at radius 3 is 2.40 bits per heavy atom. The molecule has 0 aromatic heterocycles. The molecule has 0 spiro atoms. The van der Waals surface area contributed by atoms with E-state index in [0.717, 1.165) is 31.2 Å². The van der Waals surface area contributed by atoms with E-state index in [1.54, 1.807) is 19.1 Å². The van der Waals surface area contributed by atoms with Crippen molar-refractivity contribution >= 4 is 23.4 Å². The summed E-state index contributed by atoms with van der Waals surface area (Å²) in [7, 11) is 0. The molecule has 0 bridgehead atoms. The molecule has 0 aliphatic heterocycles. The molecule has 5 nitrogen and oxygen atoms in total. The van der Waals surface area contributed by atoms with Crippen LogP contribution in [0.5, 0.6) is 5.75 Å². The van der Waals surface area contributed by atoms with Crippen molar-refractivity contribution in [2.45, 2.75) is 51.2 Å². The van der Waals surface area contributed by atoms with Crippen LogP contribution in [0.3, 0.4) is 0 Å². The molecule has 2 amide bonds. The van der Waals surface area contributed by atoms with Crippen LogP contribution < -0.4 is 10.1 Å². The van der Waals surface area contributed by atoms with E-state index in [9.17, 15) is 14.0 Å². The number of nitrogens with zero attached hydrogens (tertiary/aromatic N) is 1. The van der Waals surface area contributed by atoms with Gasteiger partial charge in [0, 0.05) is 17.6 Å². The zero-order valence-corrected chi connectivity index (χ0v) is 17.7. The fourth-order valence-corrected chi connectivity index (χ4v) is 3.65. The molecule has 1 saturated carbocycles. The topological polar surface area (TPSA) is 58.6 Å². The number of benzene rings is 2. The lowest BCUT2D eigenvalue weighted by molar-refractivity contribution is -0.142. The van der Waals surface area contributed by atoms with E-state index >= 15 is 0 Å². The van der Waals surface area contributed by atoms with Gasteiger partial charge in [-0.25, -0.2) is 4.39 Å². The molecule has 30 heavy (non-hydrogen) atoms.